The first kappa shape index (κ1) is 22.2. The van der Waals surface area contributed by atoms with Crippen molar-refractivity contribution < 1.29 is 23.9 Å². The van der Waals surface area contributed by atoms with Gasteiger partial charge in [-0.25, -0.2) is 9.69 Å². The monoisotopic (exact) mass is 464 g/mol. The van der Waals surface area contributed by atoms with Crippen molar-refractivity contribution in [3.05, 3.63) is 54.1 Å². The van der Waals surface area contributed by atoms with Crippen molar-refractivity contribution in [1.29, 1.82) is 0 Å². The zero-order chi connectivity index (χ0) is 23.7. The molecule has 4 amide bonds. The highest BCUT2D eigenvalue weighted by molar-refractivity contribution is 6.07. The minimum atomic E-state index is -1.03. The molecule has 9 nitrogen and oxygen atoms in total. The van der Waals surface area contributed by atoms with Crippen LogP contribution in [-0.4, -0.2) is 54.2 Å². The lowest BCUT2D eigenvalue weighted by atomic mass is 9.87. The highest BCUT2D eigenvalue weighted by Gasteiger charge is 2.51. The van der Waals surface area contributed by atoms with Crippen LogP contribution in [0.15, 0.2) is 48.5 Å². The Labute approximate surface area is 198 Å². The number of hydrogen-bond acceptors (Lipinski definition) is 6. The molecule has 3 aliphatic heterocycles. The quantitative estimate of drug-likeness (QED) is 0.638. The van der Waals surface area contributed by atoms with Crippen LogP contribution in [0.25, 0.3) is 0 Å². The van der Waals surface area contributed by atoms with E-state index in [-0.39, 0.29) is 37.2 Å². The van der Waals surface area contributed by atoms with Crippen molar-refractivity contribution in [2.75, 3.05) is 31.9 Å². The lowest BCUT2D eigenvalue weighted by molar-refractivity contribution is -0.134. The number of likely N-dealkylation sites (tertiary alicyclic amines) is 1. The van der Waals surface area contributed by atoms with Crippen molar-refractivity contribution in [2.24, 2.45) is 5.92 Å². The van der Waals surface area contributed by atoms with Gasteiger partial charge >= 0.3 is 6.03 Å². The van der Waals surface area contributed by atoms with Gasteiger partial charge in [0.25, 0.3) is 5.91 Å². The maximum Gasteiger partial charge on any atom is 0.326 e. The van der Waals surface area contributed by atoms with Gasteiger partial charge in [-0.1, -0.05) is 37.3 Å². The zero-order valence-electron chi connectivity index (χ0n) is 19.1. The van der Waals surface area contributed by atoms with Gasteiger partial charge in [-0.05, 0) is 37.0 Å². The first-order valence-corrected chi connectivity index (χ1v) is 11.6. The second-order valence-electron chi connectivity index (χ2n) is 8.88. The van der Waals surface area contributed by atoms with E-state index < -0.39 is 5.54 Å². The van der Waals surface area contributed by atoms with Crippen LogP contribution in [0.3, 0.4) is 0 Å². The maximum atomic E-state index is 13.3. The summed E-state index contributed by atoms with van der Waals surface area (Å²) in [5, 5.41) is 5.88. The Hall–Kier alpha value is -3.59. The van der Waals surface area contributed by atoms with Crippen LogP contribution in [-0.2, 0) is 15.1 Å². The third kappa shape index (κ3) is 3.96. The number of anilines is 1. The molecule has 2 aromatic carbocycles. The summed E-state index contributed by atoms with van der Waals surface area (Å²) in [5.41, 5.74) is 0.436. The Balaban J connectivity index is 1.17. The van der Waals surface area contributed by atoms with Gasteiger partial charge in [-0.3, -0.25) is 14.5 Å². The molecule has 1 atom stereocenters. The van der Waals surface area contributed by atoms with Gasteiger partial charge < -0.3 is 20.1 Å². The average molecular weight is 465 g/mol. The molecule has 34 heavy (non-hydrogen) atoms. The number of rotatable bonds is 6. The van der Waals surface area contributed by atoms with Gasteiger partial charge in [-0.15, -0.1) is 0 Å². The molecule has 2 fully saturated rings. The normalized spacial score (nSPS) is 22.7. The summed E-state index contributed by atoms with van der Waals surface area (Å²) >= 11 is 0. The third-order valence-corrected chi connectivity index (χ3v) is 6.91. The fourth-order valence-electron chi connectivity index (χ4n) is 4.87. The van der Waals surface area contributed by atoms with E-state index in [2.05, 4.69) is 15.5 Å². The SMILES string of the molecule is CC[C@@]1(c2ccccc2)NC(=O)N(CN2CCC(C(=O)Nc3ccc4c(c3)OCO4)CC2)C1=O. The van der Waals surface area contributed by atoms with E-state index >= 15 is 0 Å². The second-order valence-corrected chi connectivity index (χ2v) is 8.88. The number of carbonyl (C=O) groups is 3. The summed E-state index contributed by atoms with van der Waals surface area (Å²) in [6, 6.07) is 14.3. The number of nitrogens with one attached hydrogen (secondary N) is 2. The fraction of sp³-hybridized carbons (Fsp3) is 0.400. The van der Waals surface area contributed by atoms with Gasteiger partial charge in [0.1, 0.15) is 5.54 Å². The van der Waals surface area contributed by atoms with Crippen molar-refractivity contribution in [3.63, 3.8) is 0 Å². The minimum Gasteiger partial charge on any atom is -0.454 e. The standard InChI is InChI=1S/C25H28N4O5/c1-2-25(18-6-4-3-5-7-18)23(31)29(24(32)27-25)15-28-12-10-17(11-13-28)22(30)26-19-8-9-20-21(14-19)34-16-33-20/h3-9,14,17H,2,10-13,15-16H2,1H3,(H,26,30)(H,27,32)/t25-/m0/s1. The summed E-state index contributed by atoms with van der Waals surface area (Å²) in [6.07, 6.45) is 1.77. The smallest absolute Gasteiger partial charge is 0.326 e. The molecular weight excluding hydrogens is 436 g/mol. The molecular formula is C25H28N4O5. The molecule has 0 radical (unpaired) electrons. The molecule has 2 saturated heterocycles. The number of carbonyl (C=O) groups excluding carboxylic acids is 3. The summed E-state index contributed by atoms with van der Waals surface area (Å²) in [4.78, 5) is 42.2. The number of hydrogen-bond donors (Lipinski definition) is 2. The number of imide groups is 1. The fourth-order valence-corrected chi connectivity index (χ4v) is 4.87. The van der Waals surface area contributed by atoms with E-state index in [0.29, 0.717) is 49.5 Å². The number of fused-ring (bicyclic) bond motifs is 1. The first-order chi connectivity index (χ1) is 16.5. The van der Waals surface area contributed by atoms with Crippen LogP contribution < -0.4 is 20.1 Å². The summed E-state index contributed by atoms with van der Waals surface area (Å²) in [6.45, 7) is 3.56. The number of piperidine rings is 1. The molecule has 9 heteroatoms. The van der Waals surface area contributed by atoms with Crippen LogP contribution in [0.1, 0.15) is 31.7 Å². The van der Waals surface area contributed by atoms with Gasteiger partial charge in [0.05, 0.1) is 6.67 Å². The van der Waals surface area contributed by atoms with E-state index in [9.17, 15) is 14.4 Å². The Morgan fingerprint density at radius 2 is 1.82 bits per heavy atom. The largest absolute Gasteiger partial charge is 0.454 e. The molecule has 3 aliphatic rings. The lowest BCUT2D eigenvalue weighted by Gasteiger charge is -2.33. The predicted octanol–water partition coefficient (Wildman–Crippen LogP) is 2.88. The van der Waals surface area contributed by atoms with Gasteiger partial charge in [0, 0.05) is 30.8 Å². The molecule has 0 saturated carbocycles. The van der Waals surface area contributed by atoms with Crippen LogP contribution in [0, 0.1) is 5.92 Å². The lowest BCUT2D eigenvalue weighted by Crippen LogP contribution is -2.47. The minimum absolute atomic E-state index is 0.0393. The van der Waals surface area contributed by atoms with Crippen molar-refractivity contribution in [1.82, 2.24) is 15.1 Å². The van der Waals surface area contributed by atoms with Crippen LogP contribution in [0.5, 0.6) is 11.5 Å². The Kier molecular flexibility index (Phi) is 5.87. The Morgan fingerprint density at radius 3 is 2.56 bits per heavy atom. The molecule has 0 spiro atoms. The Bertz CT molecular complexity index is 1100. The molecule has 0 aliphatic carbocycles. The number of amides is 4. The number of benzene rings is 2. The number of ether oxygens (including phenoxy) is 2. The van der Waals surface area contributed by atoms with Crippen molar-refractivity contribution in [3.8, 4) is 11.5 Å². The molecule has 5 rings (SSSR count). The Morgan fingerprint density at radius 1 is 1.09 bits per heavy atom. The van der Waals surface area contributed by atoms with E-state index in [1.807, 2.05) is 37.3 Å². The highest BCUT2D eigenvalue weighted by Crippen LogP contribution is 2.35. The molecule has 2 aromatic rings. The predicted molar refractivity (Wildman–Crippen MR) is 124 cm³/mol. The van der Waals surface area contributed by atoms with Crippen LogP contribution in [0.2, 0.25) is 0 Å². The first-order valence-electron chi connectivity index (χ1n) is 11.6. The maximum absolute atomic E-state index is 13.3. The van der Waals surface area contributed by atoms with E-state index in [1.165, 1.54) is 4.90 Å². The van der Waals surface area contributed by atoms with E-state index in [1.54, 1.807) is 18.2 Å². The highest BCUT2D eigenvalue weighted by atomic mass is 16.7. The third-order valence-electron chi connectivity index (χ3n) is 6.91. The summed E-state index contributed by atoms with van der Waals surface area (Å²) in [5.74, 6) is 0.895. The molecule has 2 N–H and O–H groups in total. The van der Waals surface area contributed by atoms with Crippen molar-refractivity contribution >= 4 is 23.5 Å². The molecule has 0 unspecified atom stereocenters. The van der Waals surface area contributed by atoms with Crippen LogP contribution >= 0.6 is 0 Å². The molecule has 0 aromatic heterocycles. The van der Waals surface area contributed by atoms with Gasteiger partial charge in [-0.2, -0.15) is 0 Å². The zero-order valence-corrected chi connectivity index (χ0v) is 19.1. The molecule has 0 bridgehead atoms. The molecule has 3 heterocycles. The number of urea groups is 1. The summed E-state index contributed by atoms with van der Waals surface area (Å²) in [7, 11) is 0. The average Bonchev–Trinajstić information content (AvgIpc) is 3.43. The van der Waals surface area contributed by atoms with Crippen LogP contribution in [0.4, 0.5) is 10.5 Å². The van der Waals surface area contributed by atoms with Gasteiger partial charge in [0.2, 0.25) is 12.7 Å². The van der Waals surface area contributed by atoms with Gasteiger partial charge in [0.15, 0.2) is 11.5 Å². The van der Waals surface area contributed by atoms with E-state index in [4.69, 9.17) is 9.47 Å². The van der Waals surface area contributed by atoms with E-state index in [0.717, 1.165) is 5.56 Å². The molecule has 178 valence electrons. The summed E-state index contributed by atoms with van der Waals surface area (Å²) < 4.78 is 10.7. The second kappa shape index (κ2) is 8.98. The topological polar surface area (TPSA) is 100 Å². The van der Waals surface area contributed by atoms with Crippen molar-refractivity contribution in [2.45, 2.75) is 31.7 Å². The number of nitrogens with zero attached hydrogens (tertiary/aromatic N) is 2.